The molecule has 0 bridgehead atoms. The zero-order chi connectivity index (χ0) is 18.3. The molecule has 0 radical (unpaired) electrons. The van der Waals surface area contributed by atoms with Crippen LogP contribution in [-0.2, 0) is 4.79 Å². The van der Waals surface area contributed by atoms with Crippen molar-refractivity contribution < 1.29 is 9.90 Å². The van der Waals surface area contributed by atoms with Crippen molar-refractivity contribution in [3.8, 4) is 0 Å². The summed E-state index contributed by atoms with van der Waals surface area (Å²) in [7, 11) is 0. The van der Waals surface area contributed by atoms with Crippen LogP contribution in [0.5, 0.6) is 0 Å². The number of carboxylic acid groups (broad SMARTS) is 1. The fourth-order valence-electron chi connectivity index (χ4n) is 3.31. The summed E-state index contributed by atoms with van der Waals surface area (Å²) in [4.78, 5) is 20.4. The van der Waals surface area contributed by atoms with Gasteiger partial charge >= 0.3 is 5.97 Å². The van der Waals surface area contributed by atoms with E-state index in [1.54, 1.807) is 18.3 Å². The quantitative estimate of drug-likeness (QED) is 0.819. The van der Waals surface area contributed by atoms with Crippen LogP contribution >= 0.6 is 22.9 Å². The van der Waals surface area contributed by atoms with Gasteiger partial charge in [-0.2, -0.15) is 0 Å². The first-order valence-electron chi connectivity index (χ1n) is 8.46. The zero-order valence-corrected chi connectivity index (χ0v) is 15.8. The van der Waals surface area contributed by atoms with E-state index in [9.17, 15) is 9.90 Å². The van der Waals surface area contributed by atoms with Crippen LogP contribution in [0.15, 0.2) is 34.0 Å². The molecule has 8 heteroatoms. The van der Waals surface area contributed by atoms with E-state index in [2.05, 4.69) is 21.0 Å². The Hall–Kier alpha value is -2.09. The maximum Gasteiger partial charge on any atom is 0.320 e. The first-order valence-corrected chi connectivity index (χ1v) is 9.78. The van der Waals surface area contributed by atoms with Crippen LogP contribution in [0, 0.1) is 0 Å². The van der Waals surface area contributed by atoms with Crippen LogP contribution < -0.4 is 5.32 Å². The third-order valence-corrected chi connectivity index (χ3v) is 5.86. The standard InChI is InChI=1S/C18H19ClN4O2S/c1-11(18(24)25)22-4-6-23(7-5-22)17-13-9-26-10-16(13)20-14-3-2-12(19)8-15(14)21-17/h2-3,8-11,20H,4-7H2,1H3,(H,24,25). The Morgan fingerprint density at radius 1 is 1.27 bits per heavy atom. The maximum absolute atomic E-state index is 11.2. The van der Waals surface area contributed by atoms with Crippen molar-refractivity contribution >= 4 is 51.8 Å². The first-order chi connectivity index (χ1) is 12.5. The Kier molecular flexibility index (Phi) is 4.60. The fourth-order valence-corrected chi connectivity index (χ4v) is 4.23. The normalized spacial score (nSPS) is 18.2. The van der Waals surface area contributed by atoms with Crippen molar-refractivity contribution in [3.63, 3.8) is 0 Å². The number of carbonyl (C=O) groups is 1. The number of nitrogens with zero attached hydrogens (tertiary/aromatic N) is 3. The fraction of sp³-hybridized carbons (Fsp3) is 0.333. The van der Waals surface area contributed by atoms with E-state index in [1.165, 1.54) is 0 Å². The van der Waals surface area contributed by atoms with Gasteiger partial charge in [0.15, 0.2) is 0 Å². The molecule has 1 aromatic heterocycles. The van der Waals surface area contributed by atoms with Gasteiger partial charge in [0.1, 0.15) is 11.9 Å². The van der Waals surface area contributed by atoms with Gasteiger partial charge < -0.3 is 15.3 Å². The highest BCUT2D eigenvalue weighted by molar-refractivity contribution is 7.08. The number of benzene rings is 1. The molecule has 26 heavy (non-hydrogen) atoms. The number of carboxylic acids is 1. The van der Waals surface area contributed by atoms with Gasteiger partial charge in [0.2, 0.25) is 0 Å². The van der Waals surface area contributed by atoms with E-state index in [0.29, 0.717) is 18.1 Å². The topological polar surface area (TPSA) is 68.2 Å². The number of anilines is 2. The van der Waals surface area contributed by atoms with Gasteiger partial charge in [0, 0.05) is 42.0 Å². The van der Waals surface area contributed by atoms with Crippen LogP contribution in [0.3, 0.4) is 0 Å². The lowest BCUT2D eigenvalue weighted by atomic mass is 10.2. The Bertz CT molecular complexity index is 874. The van der Waals surface area contributed by atoms with Crippen molar-refractivity contribution in [2.75, 3.05) is 31.5 Å². The van der Waals surface area contributed by atoms with E-state index >= 15 is 0 Å². The van der Waals surface area contributed by atoms with Gasteiger partial charge in [0.05, 0.1) is 22.6 Å². The van der Waals surface area contributed by atoms with Crippen LogP contribution in [0.2, 0.25) is 5.02 Å². The lowest BCUT2D eigenvalue weighted by molar-refractivity contribution is -0.143. The molecule has 2 aliphatic heterocycles. The van der Waals surface area contributed by atoms with Crippen molar-refractivity contribution in [3.05, 3.63) is 39.5 Å². The highest BCUT2D eigenvalue weighted by Crippen LogP contribution is 2.38. The Morgan fingerprint density at radius 3 is 2.77 bits per heavy atom. The predicted octanol–water partition coefficient (Wildman–Crippen LogP) is 3.63. The molecule has 1 atom stereocenters. The average molecular weight is 391 g/mol. The third-order valence-electron chi connectivity index (χ3n) is 4.88. The number of piperazine rings is 1. The zero-order valence-electron chi connectivity index (χ0n) is 14.3. The number of hydrogen-bond donors (Lipinski definition) is 2. The molecular weight excluding hydrogens is 372 g/mol. The molecule has 0 aliphatic carbocycles. The van der Waals surface area contributed by atoms with Gasteiger partial charge in [-0.25, -0.2) is 4.99 Å². The lowest BCUT2D eigenvalue weighted by Gasteiger charge is -2.38. The molecule has 2 aliphatic rings. The number of fused-ring (bicyclic) bond motifs is 2. The second-order valence-electron chi connectivity index (χ2n) is 6.46. The van der Waals surface area contributed by atoms with Crippen molar-refractivity contribution in [1.29, 1.82) is 0 Å². The summed E-state index contributed by atoms with van der Waals surface area (Å²) < 4.78 is 0. The number of nitrogens with one attached hydrogen (secondary N) is 1. The summed E-state index contributed by atoms with van der Waals surface area (Å²) >= 11 is 7.80. The summed E-state index contributed by atoms with van der Waals surface area (Å²) in [5.74, 6) is 0.135. The van der Waals surface area contributed by atoms with Crippen LogP contribution in [0.4, 0.5) is 17.1 Å². The van der Waals surface area contributed by atoms with Gasteiger partial charge in [-0.15, -0.1) is 11.3 Å². The summed E-state index contributed by atoms with van der Waals surface area (Å²) in [5, 5.41) is 17.5. The predicted molar refractivity (Wildman–Crippen MR) is 105 cm³/mol. The third kappa shape index (κ3) is 3.18. The van der Waals surface area contributed by atoms with E-state index in [4.69, 9.17) is 16.6 Å². The molecular formula is C18H19ClN4O2S. The number of halogens is 1. The Labute approximate surface area is 160 Å². The van der Waals surface area contributed by atoms with Crippen molar-refractivity contribution in [2.45, 2.75) is 13.0 Å². The molecule has 0 amide bonds. The number of aliphatic carboxylic acids is 1. The molecule has 1 fully saturated rings. The molecule has 1 aromatic carbocycles. The van der Waals surface area contributed by atoms with Crippen molar-refractivity contribution in [2.24, 2.45) is 4.99 Å². The monoisotopic (exact) mass is 390 g/mol. The van der Waals surface area contributed by atoms with Gasteiger partial charge in [-0.05, 0) is 25.1 Å². The van der Waals surface area contributed by atoms with Crippen LogP contribution in [-0.4, -0.2) is 58.9 Å². The largest absolute Gasteiger partial charge is 0.480 e. The summed E-state index contributed by atoms with van der Waals surface area (Å²) in [6.45, 7) is 4.60. The van der Waals surface area contributed by atoms with E-state index in [1.807, 2.05) is 23.1 Å². The Morgan fingerprint density at radius 2 is 2.04 bits per heavy atom. The minimum absolute atomic E-state index is 0.467. The van der Waals surface area contributed by atoms with Gasteiger partial charge in [-0.3, -0.25) is 9.69 Å². The molecule has 3 heterocycles. The summed E-state index contributed by atoms with van der Waals surface area (Å²) in [5.41, 5.74) is 3.86. The molecule has 2 aromatic rings. The SMILES string of the molecule is CC(C(=O)O)N1CCN(C2=Nc3cc(Cl)ccc3Nc3cscc32)CC1. The van der Waals surface area contributed by atoms with Crippen molar-refractivity contribution in [1.82, 2.24) is 9.80 Å². The number of thiophene rings is 1. The molecule has 0 spiro atoms. The number of hydrogen-bond acceptors (Lipinski definition) is 6. The minimum atomic E-state index is -0.779. The molecule has 1 unspecified atom stereocenters. The molecule has 0 saturated carbocycles. The lowest BCUT2D eigenvalue weighted by Crippen LogP contribution is -2.53. The highest BCUT2D eigenvalue weighted by atomic mass is 35.5. The maximum atomic E-state index is 11.2. The molecule has 1 saturated heterocycles. The smallest absolute Gasteiger partial charge is 0.320 e. The second kappa shape index (κ2) is 6.90. The number of rotatable bonds is 2. The van der Waals surface area contributed by atoms with E-state index in [0.717, 1.165) is 41.6 Å². The van der Waals surface area contributed by atoms with Crippen LogP contribution in [0.1, 0.15) is 12.5 Å². The molecule has 136 valence electrons. The van der Waals surface area contributed by atoms with Gasteiger partial charge in [0.25, 0.3) is 0 Å². The van der Waals surface area contributed by atoms with Gasteiger partial charge in [-0.1, -0.05) is 11.6 Å². The first kappa shape index (κ1) is 17.3. The average Bonchev–Trinajstić information content (AvgIpc) is 3.03. The summed E-state index contributed by atoms with van der Waals surface area (Å²) in [6.07, 6.45) is 0. The second-order valence-corrected chi connectivity index (χ2v) is 7.64. The minimum Gasteiger partial charge on any atom is -0.480 e. The number of aliphatic imine (C=N–C) groups is 1. The highest BCUT2D eigenvalue weighted by Gasteiger charge is 2.29. The number of amidine groups is 1. The van der Waals surface area contributed by atoms with E-state index < -0.39 is 12.0 Å². The summed E-state index contributed by atoms with van der Waals surface area (Å²) in [6, 6.07) is 5.19. The molecule has 6 nitrogen and oxygen atoms in total. The van der Waals surface area contributed by atoms with E-state index in [-0.39, 0.29) is 0 Å². The van der Waals surface area contributed by atoms with Crippen LogP contribution in [0.25, 0.3) is 0 Å². The Balaban J connectivity index is 1.64. The molecule has 2 N–H and O–H groups in total. The molecule has 4 rings (SSSR count).